The van der Waals surface area contributed by atoms with Gasteiger partial charge in [-0.3, -0.25) is 4.79 Å². The Bertz CT molecular complexity index is 1650. The molecule has 11 atom stereocenters. The maximum atomic E-state index is 14.9. The second-order valence-electron chi connectivity index (χ2n) is 19.6. The minimum Gasteiger partial charge on any atom is -0.497 e. The molecule has 9 aliphatic carbocycles. The number of ketones is 1. The molecule has 9 aliphatic rings. The van der Waals surface area contributed by atoms with Crippen LogP contribution in [0.2, 0.25) is 0 Å². The number of urea groups is 1. The fourth-order valence-electron chi connectivity index (χ4n) is 13.8. The monoisotopic (exact) mass is 698 g/mol. The van der Waals surface area contributed by atoms with E-state index in [0.717, 1.165) is 50.0 Å². The van der Waals surface area contributed by atoms with Crippen molar-refractivity contribution < 1.29 is 24.5 Å². The third kappa shape index (κ3) is 4.81. The first-order valence-electron chi connectivity index (χ1n) is 20.1. The van der Waals surface area contributed by atoms with Crippen LogP contribution in [0.3, 0.4) is 0 Å². The van der Waals surface area contributed by atoms with E-state index in [4.69, 9.17) is 4.74 Å². The quantitative estimate of drug-likeness (QED) is 0.189. The number of fused-ring (bicyclic) bond motifs is 3. The Morgan fingerprint density at radius 1 is 0.941 bits per heavy atom. The van der Waals surface area contributed by atoms with E-state index in [1.54, 1.807) is 7.11 Å². The fourth-order valence-corrected chi connectivity index (χ4v) is 13.8. The number of methoxy groups -OCH3 is 1. The molecular weight excluding hydrogens is 636 g/mol. The summed E-state index contributed by atoms with van der Waals surface area (Å²) in [4.78, 5) is 30.9. The molecule has 4 bridgehead atoms. The van der Waals surface area contributed by atoms with Crippen molar-refractivity contribution in [1.29, 1.82) is 0 Å². The first-order valence-corrected chi connectivity index (χ1v) is 20.1. The maximum Gasteiger partial charge on any atom is 0.317 e. The van der Waals surface area contributed by atoms with E-state index in [2.05, 4.69) is 51.2 Å². The maximum absolute atomic E-state index is 14.9. The number of allylic oxidation sites excluding steroid dienone is 4. The van der Waals surface area contributed by atoms with Crippen molar-refractivity contribution in [2.24, 2.45) is 56.7 Å². The van der Waals surface area contributed by atoms with Gasteiger partial charge < -0.3 is 25.2 Å². The third-order valence-corrected chi connectivity index (χ3v) is 16.9. The molecule has 2 spiro atoms. The molecule has 278 valence electrons. The number of nitrogens with one attached hydrogen (secondary N) is 1. The van der Waals surface area contributed by atoms with Gasteiger partial charge in [0.15, 0.2) is 5.78 Å². The smallest absolute Gasteiger partial charge is 0.317 e. The highest BCUT2D eigenvalue weighted by Gasteiger charge is 2.74. The van der Waals surface area contributed by atoms with E-state index in [-0.39, 0.29) is 40.5 Å². The number of aliphatic hydroxyl groups is 2. The number of ether oxygens (including phenoxy) is 1. The summed E-state index contributed by atoms with van der Waals surface area (Å²) in [6, 6.07) is 7.41. The number of carbonyl (C=O) groups excluding carboxylic acids is 2. The molecular formula is C44H62N2O5. The minimum atomic E-state index is -1.09. The largest absolute Gasteiger partial charge is 0.497 e. The van der Waals surface area contributed by atoms with E-state index < -0.39 is 22.5 Å². The molecule has 7 heteroatoms. The lowest BCUT2D eigenvalue weighted by Crippen LogP contribution is -2.67. The molecule has 7 nitrogen and oxygen atoms in total. The number of nitrogens with zero attached hydrogens (tertiary/aromatic N) is 1. The van der Waals surface area contributed by atoms with Crippen LogP contribution >= 0.6 is 0 Å². The van der Waals surface area contributed by atoms with Crippen LogP contribution in [0.25, 0.3) is 0 Å². The molecule has 0 aliphatic heterocycles. The van der Waals surface area contributed by atoms with Gasteiger partial charge in [-0.2, -0.15) is 0 Å². The summed E-state index contributed by atoms with van der Waals surface area (Å²) in [6.07, 6.45) is 15.7. The Morgan fingerprint density at radius 3 is 2.29 bits per heavy atom. The van der Waals surface area contributed by atoms with E-state index >= 15 is 0 Å². The summed E-state index contributed by atoms with van der Waals surface area (Å²) in [5.41, 5.74) is -0.778. The molecule has 51 heavy (non-hydrogen) atoms. The Hall–Kier alpha value is -2.64. The number of carbonyl (C=O) groups is 2. The lowest BCUT2D eigenvalue weighted by molar-refractivity contribution is -0.176. The number of amides is 2. The van der Waals surface area contributed by atoms with Gasteiger partial charge >= 0.3 is 6.03 Å². The van der Waals surface area contributed by atoms with Crippen molar-refractivity contribution in [3.63, 3.8) is 0 Å². The van der Waals surface area contributed by atoms with E-state index in [1.807, 2.05) is 43.0 Å². The Morgan fingerprint density at radius 2 is 1.63 bits per heavy atom. The van der Waals surface area contributed by atoms with Gasteiger partial charge in [-0.25, -0.2) is 4.79 Å². The summed E-state index contributed by atoms with van der Waals surface area (Å²) in [5, 5.41) is 27.4. The summed E-state index contributed by atoms with van der Waals surface area (Å²) in [5.74, 6) is 2.87. The van der Waals surface area contributed by atoms with Gasteiger partial charge in [0.2, 0.25) is 0 Å². The van der Waals surface area contributed by atoms with E-state index in [9.17, 15) is 19.8 Å². The first kappa shape index (κ1) is 35.4. The molecule has 6 fully saturated rings. The minimum absolute atomic E-state index is 0.00747. The highest BCUT2D eigenvalue weighted by molar-refractivity contribution is 6.10. The van der Waals surface area contributed by atoms with Crippen molar-refractivity contribution in [1.82, 2.24) is 10.2 Å². The Kier molecular flexibility index (Phi) is 8.10. The molecule has 0 saturated heterocycles. The van der Waals surface area contributed by atoms with E-state index in [0.29, 0.717) is 54.5 Å². The average molecular weight is 699 g/mol. The standard InChI is InChI=1S/C44H62N2O5/c1-27(2)45-38(49)46(25-29-8-11-30-22-33(29)39(30,3)4)26-43(50)19-16-36-41(43,6)18-15-35-40(5)17-14-31(47)23-42(40)20-21-44(35,36)34(24-42)37(48)28-9-12-32(51-7)13-10-28/h9-10,12-13,20-21,24,27,29-31,33,35-36,47,50H,8,11,14-19,22-23,25-26H2,1-7H3,(H,45,49). The molecule has 6 saturated carbocycles. The van der Waals surface area contributed by atoms with Crippen LogP contribution in [0.1, 0.15) is 116 Å². The van der Waals surface area contributed by atoms with Crippen molar-refractivity contribution in [2.45, 2.75) is 123 Å². The molecule has 11 unspecified atom stereocenters. The highest BCUT2D eigenvalue weighted by atomic mass is 16.5. The zero-order chi connectivity index (χ0) is 36.4. The van der Waals surface area contributed by atoms with Crippen molar-refractivity contribution >= 4 is 11.8 Å². The van der Waals surface area contributed by atoms with Gasteiger partial charge in [0.1, 0.15) is 5.75 Å². The molecule has 2 amide bonds. The molecule has 1 aromatic carbocycles. The average Bonchev–Trinajstić information content (AvgIpc) is 3.37. The lowest BCUT2D eigenvalue weighted by Gasteiger charge is -2.71. The summed E-state index contributed by atoms with van der Waals surface area (Å²) < 4.78 is 5.43. The number of Topliss-reactive ketones (excluding diaryl/α,β-unsaturated/α-hetero) is 1. The summed E-state index contributed by atoms with van der Waals surface area (Å²) >= 11 is 0. The predicted molar refractivity (Wildman–Crippen MR) is 199 cm³/mol. The van der Waals surface area contributed by atoms with Crippen LogP contribution in [-0.2, 0) is 0 Å². The summed E-state index contributed by atoms with van der Waals surface area (Å²) in [6.45, 7) is 14.5. The van der Waals surface area contributed by atoms with Gasteiger partial charge in [0.25, 0.3) is 0 Å². The molecule has 0 radical (unpaired) electrons. The third-order valence-electron chi connectivity index (χ3n) is 16.9. The van der Waals surface area contributed by atoms with Crippen molar-refractivity contribution in [3.8, 4) is 5.75 Å². The van der Waals surface area contributed by atoms with Gasteiger partial charge in [-0.15, -0.1) is 0 Å². The second kappa shape index (κ2) is 11.7. The second-order valence-corrected chi connectivity index (χ2v) is 19.6. The molecule has 3 N–H and O–H groups in total. The zero-order valence-electron chi connectivity index (χ0n) is 32.1. The van der Waals surface area contributed by atoms with Crippen molar-refractivity contribution in [3.05, 3.63) is 53.6 Å². The number of rotatable bonds is 8. The summed E-state index contributed by atoms with van der Waals surface area (Å²) in [7, 11) is 1.64. The lowest BCUT2D eigenvalue weighted by atomic mass is 9.32. The van der Waals surface area contributed by atoms with Gasteiger partial charge in [0, 0.05) is 40.0 Å². The number of hydrogen-bond acceptors (Lipinski definition) is 5. The molecule has 10 rings (SSSR count). The van der Waals surface area contributed by atoms with Gasteiger partial charge in [-0.05, 0) is 143 Å². The predicted octanol–water partition coefficient (Wildman–Crippen LogP) is 7.96. The zero-order valence-corrected chi connectivity index (χ0v) is 32.1. The van der Waals surface area contributed by atoms with Crippen LogP contribution in [0, 0.1) is 56.7 Å². The van der Waals surface area contributed by atoms with Gasteiger partial charge in [0.05, 0.1) is 25.4 Å². The highest BCUT2D eigenvalue weighted by Crippen LogP contribution is 2.78. The molecule has 0 heterocycles. The Balaban J connectivity index is 1.17. The van der Waals surface area contributed by atoms with Crippen LogP contribution < -0.4 is 10.1 Å². The van der Waals surface area contributed by atoms with Gasteiger partial charge in [-0.1, -0.05) is 45.9 Å². The topological polar surface area (TPSA) is 99.1 Å². The van der Waals surface area contributed by atoms with Crippen LogP contribution in [0.4, 0.5) is 4.79 Å². The van der Waals surface area contributed by atoms with Crippen LogP contribution in [-0.4, -0.2) is 64.9 Å². The molecule has 0 aromatic heterocycles. The first-order chi connectivity index (χ1) is 24.0. The molecule has 1 aromatic rings. The number of aliphatic hydroxyl groups excluding tert-OH is 1. The van der Waals surface area contributed by atoms with E-state index in [1.165, 1.54) is 12.8 Å². The normalized spacial score (nSPS) is 44.1. The number of hydrogen-bond donors (Lipinski definition) is 3. The van der Waals surface area contributed by atoms with Crippen LogP contribution in [0.15, 0.2) is 48.1 Å². The SMILES string of the molecule is COc1ccc(C(=O)C2=CC34C=CC25C(CCC2(C)C5CCC2(O)CN(CC2CCC5CC2C5(C)C)C(=O)NC(C)C)C3(C)CCC(O)C4)cc1. The van der Waals surface area contributed by atoms with Crippen molar-refractivity contribution in [2.75, 3.05) is 20.2 Å². The fraction of sp³-hybridized carbons (Fsp3) is 0.727. The number of benzene rings is 1. The Labute approximate surface area is 305 Å². The van der Waals surface area contributed by atoms with Crippen LogP contribution in [0.5, 0.6) is 5.75 Å².